The number of hydrogen-bond donors (Lipinski definition) is 1. The third-order valence-corrected chi connectivity index (χ3v) is 3.57. The van der Waals surface area contributed by atoms with Crippen molar-refractivity contribution in [3.63, 3.8) is 0 Å². The van der Waals surface area contributed by atoms with Crippen molar-refractivity contribution in [1.29, 1.82) is 0 Å². The van der Waals surface area contributed by atoms with Gasteiger partial charge in [-0.05, 0) is 28.3 Å². The van der Waals surface area contributed by atoms with Crippen molar-refractivity contribution in [2.45, 2.75) is 39.5 Å². The largest absolute Gasteiger partial charge is 0.364 e. The van der Waals surface area contributed by atoms with Crippen LogP contribution in [0.25, 0.3) is 0 Å². The first kappa shape index (κ1) is 15.9. The van der Waals surface area contributed by atoms with Crippen LogP contribution in [-0.4, -0.2) is 16.5 Å². The predicted octanol–water partition coefficient (Wildman–Crippen LogP) is 4.38. The fourth-order valence-electron chi connectivity index (χ4n) is 1.89. The second-order valence-electron chi connectivity index (χ2n) is 4.58. The highest BCUT2D eigenvalue weighted by Crippen LogP contribution is 2.26. The summed E-state index contributed by atoms with van der Waals surface area (Å²) < 4.78 is 0.614. The van der Waals surface area contributed by atoms with Crippen LogP contribution in [0.15, 0.2) is 16.7 Å². The molecule has 0 aliphatic heterocycles. The molecule has 1 heterocycles. The molecule has 0 radical (unpaired) electrons. The maximum atomic E-state index is 11.0. The second-order valence-corrected chi connectivity index (χ2v) is 5.49. The summed E-state index contributed by atoms with van der Waals surface area (Å²) in [4.78, 5) is 14.6. The van der Waals surface area contributed by atoms with Crippen LogP contribution in [0.3, 0.4) is 0 Å². The lowest BCUT2D eigenvalue weighted by molar-refractivity contribution is -0.384. The van der Waals surface area contributed by atoms with Gasteiger partial charge in [0.05, 0.1) is 4.92 Å². The van der Waals surface area contributed by atoms with Gasteiger partial charge in [0, 0.05) is 23.3 Å². The van der Waals surface area contributed by atoms with Gasteiger partial charge in [0.25, 0.3) is 0 Å². The maximum absolute atomic E-state index is 11.0. The lowest BCUT2D eigenvalue weighted by Crippen LogP contribution is -2.15. The molecule has 1 aromatic heterocycles. The van der Waals surface area contributed by atoms with Gasteiger partial charge in [0.15, 0.2) is 0 Å². The lowest BCUT2D eigenvalue weighted by Gasteiger charge is -2.15. The molecule has 0 aliphatic carbocycles. The third-order valence-electron chi connectivity index (χ3n) is 3.13. The molecule has 106 valence electrons. The zero-order valence-electron chi connectivity index (χ0n) is 11.4. The van der Waals surface area contributed by atoms with Gasteiger partial charge < -0.3 is 5.32 Å². The summed E-state index contributed by atoms with van der Waals surface area (Å²) in [5, 5.41) is 14.1. The molecule has 1 N–H and O–H groups in total. The van der Waals surface area contributed by atoms with Gasteiger partial charge in [-0.15, -0.1) is 0 Å². The summed E-state index contributed by atoms with van der Waals surface area (Å²) in [7, 11) is 0. The van der Waals surface area contributed by atoms with Crippen LogP contribution in [0.1, 0.15) is 39.5 Å². The molecular weight excluding hydrogens is 310 g/mol. The third kappa shape index (κ3) is 5.14. The van der Waals surface area contributed by atoms with E-state index >= 15 is 0 Å². The topological polar surface area (TPSA) is 68.1 Å². The van der Waals surface area contributed by atoms with Gasteiger partial charge in [0.1, 0.15) is 0 Å². The molecule has 5 nitrogen and oxygen atoms in total. The number of unbranched alkanes of at least 4 members (excludes halogenated alkanes) is 1. The molecule has 0 spiro atoms. The summed E-state index contributed by atoms with van der Waals surface area (Å²) in [6.07, 6.45) is 6.15. The SMILES string of the molecule is CCCCC(CC)CNc1ncc(Br)cc1[N+](=O)[O-]. The fourth-order valence-corrected chi connectivity index (χ4v) is 2.21. The Morgan fingerprint density at radius 3 is 2.84 bits per heavy atom. The van der Waals surface area contributed by atoms with E-state index in [1.165, 1.54) is 18.9 Å². The van der Waals surface area contributed by atoms with Crippen molar-refractivity contribution in [3.05, 3.63) is 26.9 Å². The van der Waals surface area contributed by atoms with E-state index in [0.29, 0.717) is 16.2 Å². The van der Waals surface area contributed by atoms with E-state index in [9.17, 15) is 10.1 Å². The Hall–Kier alpha value is -1.17. The molecule has 6 heteroatoms. The summed E-state index contributed by atoms with van der Waals surface area (Å²) in [5.41, 5.74) is 0.0136. The molecule has 0 aliphatic rings. The zero-order valence-corrected chi connectivity index (χ0v) is 12.9. The molecule has 0 saturated carbocycles. The molecule has 0 fully saturated rings. The summed E-state index contributed by atoms with van der Waals surface area (Å²) >= 11 is 3.20. The van der Waals surface area contributed by atoms with Crippen LogP contribution in [0.5, 0.6) is 0 Å². The highest BCUT2D eigenvalue weighted by atomic mass is 79.9. The monoisotopic (exact) mass is 329 g/mol. The Morgan fingerprint density at radius 2 is 2.26 bits per heavy atom. The normalized spacial score (nSPS) is 12.2. The summed E-state index contributed by atoms with van der Waals surface area (Å²) in [6.45, 7) is 5.04. The van der Waals surface area contributed by atoms with Crippen LogP contribution < -0.4 is 5.32 Å². The molecule has 0 saturated heterocycles. The van der Waals surface area contributed by atoms with Crippen molar-refractivity contribution in [2.75, 3.05) is 11.9 Å². The molecule has 1 aromatic rings. The Labute approximate surface area is 122 Å². The fraction of sp³-hybridized carbons (Fsp3) is 0.615. The minimum absolute atomic E-state index is 0.0136. The number of rotatable bonds is 8. The average Bonchev–Trinajstić information content (AvgIpc) is 2.40. The van der Waals surface area contributed by atoms with Gasteiger partial charge in [-0.3, -0.25) is 10.1 Å². The minimum Gasteiger partial charge on any atom is -0.364 e. The van der Waals surface area contributed by atoms with Crippen LogP contribution in [0, 0.1) is 16.0 Å². The van der Waals surface area contributed by atoms with E-state index in [0.717, 1.165) is 19.4 Å². The van der Waals surface area contributed by atoms with Gasteiger partial charge in [-0.2, -0.15) is 0 Å². The zero-order chi connectivity index (χ0) is 14.3. The molecule has 1 atom stereocenters. The number of aromatic nitrogens is 1. The number of nitro groups is 1. The maximum Gasteiger partial charge on any atom is 0.312 e. The second kappa shape index (κ2) is 8.09. The number of pyridine rings is 1. The number of anilines is 1. The van der Waals surface area contributed by atoms with Crippen LogP contribution in [0.2, 0.25) is 0 Å². The summed E-state index contributed by atoms with van der Waals surface area (Å²) in [5.74, 6) is 0.883. The van der Waals surface area contributed by atoms with E-state index in [2.05, 4.69) is 40.1 Å². The quantitative estimate of drug-likeness (QED) is 0.567. The highest BCUT2D eigenvalue weighted by molar-refractivity contribution is 9.10. The first-order valence-electron chi connectivity index (χ1n) is 6.62. The van der Waals surface area contributed by atoms with E-state index < -0.39 is 4.92 Å². The number of nitrogens with one attached hydrogen (secondary N) is 1. The molecule has 1 rings (SSSR count). The molecule has 19 heavy (non-hydrogen) atoms. The Bertz CT molecular complexity index is 426. The standard InChI is InChI=1S/C13H20BrN3O2/c1-3-5-6-10(4-2)8-15-13-12(17(18)19)7-11(14)9-16-13/h7,9-10H,3-6,8H2,1-2H3,(H,15,16). The lowest BCUT2D eigenvalue weighted by atomic mass is 9.99. The van der Waals surface area contributed by atoms with Gasteiger partial charge >= 0.3 is 5.69 Å². The van der Waals surface area contributed by atoms with Crippen molar-refractivity contribution >= 4 is 27.4 Å². The molecule has 1 unspecified atom stereocenters. The highest BCUT2D eigenvalue weighted by Gasteiger charge is 2.16. The van der Waals surface area contributed by atoms with E-state index in [4.69, 9.17) is 0 Å². The van der Waals surface area contributed by atoms with Gasteiger partial charge in [-0.1, -0.05) is 33.1 Å². The number of hydrogen-bond acceptors (Lipinski definition) is 4. The molecule has 0 bridgehead atoms. The first-order valence-corrected chi connectivity index (χ1v) is 7.41. The van der Waals surface area contributed by atoms with E-state index in [-0.39, 0.29) is 5.69 Å². The smallest absolute Gasteiger partial charge is 0.312 e. The van der Waals surface area contributed by atoms with Crippen LogP contribution in [0.4, 0.5) is 11.5 Å². The molecular formula is C13H20BrN3O2. The van der Waals surface area contributed by atoms with Crippen molar-refractivity contribution < 1.29 is 4.92 Å². The van der Waals surface area contributed by atoms with E-state index in [1.807, 2.05) is 0 Å². The summed E-state index contributed by atoms with van der Waals surface area (Å²) in [6, 6.07) is 1.47. The Balaban J connectivity index is 2.68. The molecule has 0 aromatic carbocycles. The van der Waals surface area contributed by atoms with Crippen molar-refractivity contribution in [2.24, 2.45) is 5.92 Å². The predicted molar refractivity (Wildman–Crippen MR) is 80.4 cm³/mol. The number of nitrogens with zero attached hydrogens (tertiary/aromatic N) is 2. The Kier molecular flexibility index (Phi) is 6.77. The van der Waals surface area contributed by atoms with Crippen molar-refractivity contribution in [1.82, 2.24) is 4.98 Å². The van der Waals surface area contributed by atoms with Gasteiger partial charge in [-0.25, -0.2) is 4.98 Å². The first-order chi connectivity index (χ1) is 9.08. The van der Waals surface area contributed by atoms with Gasteiger partial charge in [0.2, 0.25) is 5.82 Å². The minimum atomic E-state index is -0.410. The molecule has 0 amide bonds. The van der Waals surface area contributed by atoms with Crippen LogP contribution >= 0.6 is 15.9 Å². The number of halogens is 1. The van der Waals surface area contributed by atoms with Crippen LogP contribution in [-0.2, 0) is 0 Å². The Morgan fingerprint density at radius 1 is 1.53 bits per heavy atom. The van der Waals surface area contributed by atoms with E-state index in [1.54, 1.807) is 6.20 Å². The average molecular weight is 330 g/mol. The van der Waals surface area contributed by atoms with Crippen molar-refractivity contribution in [3.8, 4) is 0 Å².